The van der Waals surface area contributed by atoms with Crippen molar-refractivity contribution in [2.75, 3.05) is 12.4 Å². The first-order valence-corrected chi connectivity index (χ1v) is 7.05. The van der Waals surface area contributed by atoms with Crippen molar-refractivity contribution in [2.24, 2.45) is 0 Å². The Bertz CT molecular complexity index is 852. The van der Waals surface area contributed by atoms with Gasteiger partial charge in [0.05, 0.1) is 12.7 Å². The highest BCUT2D eigenvalue weighted by Crippen LogP contribution is 2.34. The number of hydrogen-bond donors (Lipinski definition) is 2. The predicted octanol–water partition coefficient (Wildman–Crippen LogP) is 3.19. The average molecular weight is 309 g/mol. The zero-order valence-electron chi connectivity index (χ0n) is 12.7. The number of anilines is 1. The number of fused-ring (bicyclic) bond motifs is 1. The maximum atomic E-state index is 12.2. The third-order valence-corrected chi connectivity index (χ3v) is 3.78. The minimum absolute atomic E-state index is 0.150. The highest BCUT2D eigenvalue weighted by atomic mass is 16.5. The van der Waals surface area contributed by atoms with Gasteiger partial charge in [-0.3, -0.25) is 4.79 Å². The van der Waals surface area contributed by atoms with Gasteiger partial charge >= 0.3 is 5.97 Å². The first-order chi connectivity index (χ1) is 11.0. The van der Waals surface area contributed by atoms with Crippen LogP contribution in [0.4, 0.5) is 5.69 Å². The largest absolute Gasteiger partial charge is 0.496 e. The van der Waals surface area contributed by atoms with Crippen LogP contribution in [-0.2, 0) is 4.79 Å². The fourth-order valence-electron chi connectivity index (χ4n) is 2.62. The summed E-state index contributed by atoms with van der Waals surface area (Å²) in [5.41, 5.74) is 3.63. The second kappa shape index (κ2) is 5.61. The van der Waals surface area contributed by atoms with Gasteiger partial charge in [-0.15, -0.1) is 0 Å². The monoisotopic (exact) mass is 309 g/mol. The Balaban J connectivity index is 2.07. The van der Waals surface area contributed by atoms with Crippen molar-refractivity contribution in [3.05, 3.63) is 58.7 Å². The predicted molar refractivity (Wildman–Crippen MR) is 87.6 cm³/mol. The van der Waals surface area contributed by atoms with Crippen LogP contribution in [0.5, 0.6) is 5.75 Å². The number of aryl methyl sites for hydroxylation is 1. The van der Waals surface area contributed by atoms with Gasteiger partial charge < -0.3 is 15.2 Å². The molecule has 3 rings (SSSR count). The maximum Gasteiger partial charge on any atom is 0.335 e. The van der Waals surface area contributed by atoms with E-state index < -0.39 is 5.97 Å². The number of carbonyl (C=O) groups is 2. The van der Waals surface area contributed by atoms with E-state index in [0.717, 1.165) is 16.9 Å². The number of nitrogens with one attached hydrogen (secondary N) is 1. The summed E-state index contributed by atoms with van der Waals surface area (Å²) in [6.45, 7) is 1.92. The van der Waals surface area contributed by atoms with E-state index in [0.29, 0.717) is 16.8 Å². The summed E-state index contributed by atoms with van der Waals surface area (Å²) >= 11 is 0. The number of carbonyl (C=O) groups excluding carboxylic acids is 1. The summed E-state index contributed by atoms with van der Waals surface area (Å²) in [6, 6.07) is 10.2. The molecule has 2 N–H and O–H groups in total. The van der Waals surface area contributed by atoms with Crippen molar-refractivity contribution in [2.45, 2.75) is 6.92 Å². The Hall–Kier alpha value is -3.08. The van der Waals surface area contributed by atoms with Crippen molar-refractivity contribution in [3.8, 4) is 5.75 Å². The van der Waals surface area contributed by atoms with Crippen LogP contribution in [0.2, 0.25) is 0 Å². The van der Waals surface area contributed by atoms with Gasteiger partial charge in [0.2, 0.25) is 0 Å². The second-order valence-electron chi connectivity index (χ2n) is 5.31. The highest BCUT2D eigenvalue weighted by molar-refractivity contribution is 6.35. The first kappa shape index (κ1) is 14.8. The standard InChI is InChI=1S/C18H15NO4/c1-10-7-11(3-6-16(10)23-2)8-14-13-9-12(18(21)22)4-5-15(13)19-17(14)20/h3-9H,1-2H3,(H,19,20)(H,21,22)/b14-8+. The molecular weight excluding hydrogens is 294 g/mol. The molecule has 1 aliphatic rings. The van der Waals surface area contributed by atoms with Gasteiger partial charge in [0, 0.05) is 16.8 Å². The Morgan fingerprint density at radius 2 is 2.00 bits per heavy atom. The molecule has 23 heavy (non-hydrogen) atoms. The lowest BCUT2D eigenvalue weighted by atomic mass is 10.0. The molecule has 0 aromatic heterocycles. The van der Waals surface area contributed by atoms with E-state index in [9.17, 15) is 9.59 Å². The number of carboxylic acid groups (broad SMARTS) is 1. The van der Waals surface area contributed by atoms with E-state index in [2.05, 4.69) is 5.32 Å². The van der Waals surface area contributed by atoms with Crippen LogP contribution in [0.3, 0.4) is 0 Å². The van der Waals surface area contributed by atoms with Crippen LogP contribution < -0.4 is 10.1 Å². The number of ether oxygens (including phenoxy) is 1. The number of carboxylic acids is 1. The summed E-state index contributed by atoms with van der Waals surface area (Å²) in [7, 11) is 1.61. The number of benzene rings is 2. The van der Waals surface area contributed by atoms with Crippen molar-refractivity contribution >= 4 is 29.2 Å². The van der Waals surface area contributed by atoms with Gasteiger partial charge in [-0.25, -0.2) is 4.79 Å². The van der Waals surface area contributed by atoms with Crippen molar-refractivity contribution in [1.82, 2.24) is 0 Å². The molecule has 0 unspecified atom stereocenters. The van der Waals surface area contributed by atoms with E-state index >= 15 is 0 Å². The number of methoxy groups -OCH3 is 1. The van der Waals surface area contributed by atoms with Gasteiger partial charge in [0.1, 0.15) is 5.75 Å². The molecule has 2 aromatic carbocycles. The fraction of sp³-hybridized carbons (Fsp3) is 0.111. The molecule has 0 atom stereocenters. The fourth-order valence-corrected chi connectivity index (χ4v) is 2.62. The van der Waals surface area contributed by atoms with Crippen LogP contribution in [-0.4, -0.2) is 24.1 Å². The van der Waals surface area contributed by atoms with Crippen LogP contribution in [0.15, 0.2) is 36.4 Å². The zero-order chi connectivity index (χ0) is 16.6. The van der Waals surface area contributed by atoms with E-state index in [1.54, 1.807) is 19.3 Å². The molecule has 1 amide bonds. The lowest BCUT2D eigenvalue weighted by molar-refractivity contribution is -0.110. The van der Waals surface area contributed by atoms with Crippen LogP contribution >= 0.6 is 0 Å². The second-order valence-corrected chi connectivity index (χ2v) is 5.31. The van der Waals surface area contributed by atoms with Crippen molar-refractivity contribution < 1.29 is 19.4 Å². The normalized spacial score (nSPS) is 14.5. The molecule has 5 nitrogen and oxygen atoms in total. The molecule has 0 saturated heterocycles. The number of rotatable bonds is 3. The van der Waals surface area contributed by atoms with Crippen molar-refractivity contribution in [3.63, 3.8) is 0 Å². The van der Waals surface area contributed by atoms with Crippen LogP contribution in [0.25, 0.3) is 11.6 Å². The lowest BCUT2D eigenvalue weighted by Gasteiger charge is -2.05. The van der Waals surface area contributed by atoms with Gasteiger partial charge in [-0.05, 0) is 54.5 Å². The Kier molecular flexibility index (Phi) is 3.62. The molecule has 2 aromatic rings. The van der Waals surface area contributed by atoms with Gasteiger partial charge in [0.15, 0.2) is 0 Å². The third-order valence-electron chi connectivity index (χ3n) is 3.78. The SMILES string of the molecule is COc1ccc(/C=C2/C(=O)Nc3ccc(C(=O)O)cc32)cc1C. The third kappa shape index (κ3) is 2.68. The lowest BCUT2D eigenvalue weighted by Crippen LogP contribution is -2.03. The Labute approximate surface area is 133 Å². The maximum absolute atomic E-state index is 12.2. The van der Waals surface area contributed by atoms with Gasteiger partial charge in [0.25, 0.3) is 5.91 Å². The molecule has 5 heteroatoms. The molecule has 0 bridgehead atoms. The molecular formula is C18H15NO4. The number of amides is 1. The summed E-state index contributed by atoms with van der Waals surface area (Å²) < 4.78 is 5.22. The topological polar surface area (TPSA) is 75.6 Å². The molecule has 116 valence electrons. The van der Waals surface area contributed by atoms with Gasteiger partial charge in [-0.1, -0.05) is 6.07 Å². The van der Waals surface area contributed by atoms with Crippen molar-refractivity contribution in [1.29, 1.82) is 0 Å². The smallest absolute Gasteiger partial charge is 0.335 e. The highest BCUT2D eigenvalue weighted by Gasteiger charge is 2.25. The molecule has 0 fully saturated rings. The number of aromatic carboxylic acids is 1. The van der Waals surface area contributed by atoms with E-state index in [-0.39, 0.29) is 11.5 Å². The summed E-state index contributed by atoms with van der Waals surface area (Å²) in [5.74, 6) is -0.487. The average Bonchev–Trinajstić information content (AvgIpc) is 2.83. The molecule has 0 spiro atoms. The Morgan fingerprint density at radius 3 is 2.65 bits per heavy atom. The Morgan fingerprint density at radius 1 is 1.22 bits per heavy atom. The summed E-state index contributed by atoms with van der Waals surface area (Å²) in [6.07, 6.45) is 1.75. The molecule has 1 heterocycles. The summed E-state index contributed by atoms with van der Waals surface area (Å²) in [4.78, 5) is 23.3. The molecule has 0 radical (unpaired) electrons. The minimum atomic E-state index is -1.02. The van der Waals surface area contributed by atoms with E-state index in [1.807, 2.05) is 25.1 Å². The van der Waals surface area contributed by atoms with Gasteiger partial charge in [-0.2, -0.15) is 0 Å². The molecule has 0 aliphatic carbocycles. The van der Waals surface area contributed by atoms with Crippen LogP contribution in [0, 0.1) is 6.92 Å². The number of hydrogen-bond acceptors (Lipinski definition) is 3. The summed E-state index contributed by atoms with van der Waals surface area (Å²) in [5, 5.41) is 11.9. The molecule has 0 saturated carbocycles. The zero-order valence-corrected chi connectivity index (χ0v) is 12.7. The first-order valence-electron chi connectivity index (χ1n) is 7.05. The van der Waals surface area contributed by atoms with Crippen LogP contribution in [0.1, 0.15) is 27.0 Å². The molecule has 1 aliphatic heterocycles. The minimum Gasteiger partial charge on any atom is -0.496 e. The van der Waals surface area contributed by atoms with E-state index in [4.69, 9.17) is 9.84 Å². The van der Waals surface area contributed by atoms with E-state index in [1.165, 1.54) is 12.1 Å². The quantitative estimate of drug-likeness (QED) is 0.854.